The maximum absolute atomic E-state index is 12.8. The number of ether oxygens (including phenoxy) is 1. The van der Waals surface area contributed by atoms with E-state index in [1.807, 2.05) is 36.4 Å². The van der Waals surface area contributed by atoms with Crippen LogP contribution in [0.4, 0.5) is 0 Å². The number of hydrogen-bond donors (Lipinski definition) is 1. The third-order valence-electron chi connectivity index (χ3n) is 4.63. The molecule has 0 fully saturated rings. The van der Waals surface area contributed by atoms with Crippen molar-refractivity contribution in [1.29, 1.82) is 0 Å². The van der Waals surface area contributed by atoms with Gasteiger partial charge in [-0.05, 0) is 42.0 Å². The maximum Gasteiger partial charge on any atom is 0.339 e. The van der Waals surface area contributed by atoms with Crippen LogP contribution in [0.15, 0.2) is 79.1 Å². The zero-order valence-corrected chi connectivity index (χ0v) is 17.2. The van der Waals surface area contributed by atoms with Crippen molar-refractivity contribution in [3.05, 3.63) is 95.3 Å². The van der Waals surface area contributed by atoms with E-state index in [2.05, 4.69) is 15.3 Å². The van der Waals surface area contributed by atoms with Crippen LogP contribution in [0, 0.1) is 0 Å². The fraction of sp³-hybridized carbons (Fsp3) is 0.0833. The smallest absolute Gasteiger partial charge is 0.339 e. The zero-order valence-electron chi connectivity index (χ0n) is 16.4. The molecule has 0 unspecified atom stereocenters. The van der Waals surface area contributed by atoms with E-state index in [1.165, 1.54) is 0 Å². The number of halogens is 1. The Kier molecular flexibility index (Phi) is 6.19. The number of rotatable bonds is 6. The fourth-order valence-electron chi connectivity index (χ4n) is 3.12. The molecule has 0 radical (unpaired) electrons. The quantitative estimate of drug-likeness (QED) is 0.457. The molecule has 0 saturated carbocycles. The summed E-state index contributed by atoms with van der Waals surface area (Å²) < 4.78 is 5.28. The van der Waals surface area contributed by atoms with Crippen LogP contribution in [-0.4, -0.2) is 28.5 Å². The van der Waals surface area contributed by atoms with Gasteiger partial charge in [0.25, 0.3) is 5.91 Å². The SMILES string of the molecule is O=C(COC(=O)c1cc(-c2ccncc2)nc2ccccc12)NCc1cccc(Cl)c1. The van der Waals surface area contributed by atoms with Crippen LogP contribution >= 0.6 is 11.6 Å². The van der Waals surface area contributed by atoms with Crippen molar-refractivity contribution in [2.45, 2.75) is 6.54 Å². The number of carbonyl (C=O) groups excluding carboxylic acids is 2. The van der Waals surface area contributed by atoms with E-state index in [1.54, 1.807) is 42.7 Å². The Morgan fingerprint density at radius 1 is 0.968 bits per heavy atom. The summed E-state index contributed by atoms with van der Waals surface area (Å²) in [6, 6.07) is 19.8. The summed E-state index contributed by atoms with van der Waals surface area (Å²) in [6.07, 6.45) is 3.32. The second-order valence-corrected chi connectivity index (χ2v) is 7.23. The molecule has 2 aromatic heterocycles. The van der Waals surface area contributed by atoms with Gasteiger partial charge in [0, 0.05) is 34.9 Å². The molecule has 0 bridgehead atoms. The van der Waals surface area contributed by atoms with Crippen LogP contribution in [0.2, 0.25) is 5.02 Å². The molecule has 7 heteroatoms. The molecule has 6 nitrogen and oxygen atoms in total. The fourth-order valence-corrected chi connectivity index (χ4v) is 3.34. The molecule has 0 atom stereocenters. The first-order chi connectivity index (χ1) is 15.1. The van der Waals surface area contributed by atoms with E-state index in [0.717, 1.165) is 11.1 Å². The minimum Gasteiger partial charge on any atom is -0.452 e. The lowest BCUT2D eigenvalue weighted by molar-refractivity contribution is -0.124. The van der Waals surface area contributed by atoms with Gasteiger partial charge in [0.1, 0.15) is 0 Å². The molecule has 0 aliphatic carbocycles. The Bertz CT molecular complexity index is 1250. The summed E-state index contributed by atoms with van der Waals surface area (Å²) in [6.45, 7) is -0.0953. The number of para-hydroxylation sites is 1. The lowest BCUT2D eigenvalue weighted by Crippen LogP contribution is -2.28. The number of esters is 1. The third kappa shape index (κ3) is 5.05. The van der Waals surface area contributed by atoms with Crippen molar-refractivity contribution < 1.29 is 14.3 Å². The molecule has 154 valence electrons. The van der Waals surface area contributed by atoms with E-state index in [0.29, 0.717) is 33.7 Å². The maximum atomic E-state index is 12.8. The van der Waals surface area contributed by atoms with Crippen molar-refractivity contribution in [3.8, 4) is 11.3 Å². The number of amides is 1. The summed E-state index contributed by atoms with van der Waals surface area (Å²) in [5.41, 5.74) is 3.32. The molecule has 0 saturated heterocycles. The molecule has 4 rings (SSSR count). The Morgan fingerprint density at radius 2 is 1.77 bits per heavy atom. The van der Waals surface area contributed by atoms with Gasteiger partial charge in [-0.25, -0.2) is 9.78 Å². The van der Waals surface area contributed by atoms with Gasteiger partial charge >= 0.3 is 5.97 Å². The highest BCUT2D eigenvalue weighted by atomic mass is 35.5. The van der Waals surface area contributed by atoms with Gasteiger partial charge in [0.05, 0.1) is 16.8 Å². The highest BCUT2D eigenvalue weighted by Crippen LogP contribution is 2.25. The van der Waals surface area contributed by atoms with Gasteiger partial charge in [0.15, 0.2) is 6.61 Å². The van der Waals surface area contributed by atoms with E-state index < -0.39 is 11.9 Å². The summed E-state index contributed by atoms with van der Waals surface area (Å²) in [5.74, 6) is -0.993. The molecule has 4 aromatic rings. The number of hydrogen-bond acceptors (Lipinski definition) is 5. The van der Waals surface area contributed by atoms with Crippen LogP contribution in [0.25, 0.3) is 22.2 Å². The van der Waals surface area contributed by atoms with E-state index in [4.69, 9.17) is 16.3 Å². The highest BCUT2D eigenvalue weighted by Gasteiger charge is 2.16. The van der Waals surface area contributed by atoms with Gasteiger partial charge in [0.2, 0.25) is 0 Å². The molecular weight excluding hydrogens is 414 g/mol. The Hall–Kier alpha value is -3.77. The van der Waals surface area contributed by atoms with Crippen molar-refractivity contribution in [2.75, 3.05) is 6.61 Å². The summed E-state index contributed by atoms with van der Waals surface area (Å²) in [7, 11) is 0. The minimum absolute atomic E-state index is 0.293. The molecule has 1 N–H and O–H groups in total. The molecule has 0 spiro atoms. The molecular formula is C24H18ClN3O3. The van der Waals surface area contributed by atoms with Crippen molar-refractivity contribution >= 4 is 34.4 Å². The van der Waals surface area contributed by atoms with Gasteiger partial charge in [-0.3, -0.25) is 9.78 Å². The molecule has 2 heterocycles. The van der Waals surface area contributed by atoms with E-state index in [9.17, 15) is 9.59 Å². The minimum atomic E-state index is -0.591. The molecule has 2 aromatic carbocycles. The first-order valence-electron chi connectivity index (χ1n) is 9.58. The number of fused-ring (bicyclic) bond motifs is 1. The lowest BCUT2D eigenvalue weighted by atomic mass is 10.0. The van der Waals surface area contributed by atoms with Crippen molar-refractivity contribution in [3.63, 3.8) is 0 Å². The Balaban J connectivity index is 1.48. The predicted octanol–water partition coefficient (Wildman–Crippen LogP) is 4.42. The second kappa shape index (κ2) is 9.36. The zero-order chi connectivity index (χ0) is 21.6. The first kappa shape index (κ1) is 20.5. The summed E-state index contributed by atoms with van der Waals surface area (Å²) in [5, 5.41) is 3.96. The van der Waals surface area contributed by atoms with Crippen LogP contribution in [0.3, 0.4) is 0 Å². The topological polar surface area (TPSA) is 81.2 Å². The van der Waals surface area contributed by atoms with Crippen LogP contribution in [-0.2, 0) is 16.1 Å². The summed E-state index contributed by atoms with van der Waals surface area (Å²) in [4.78, 5) is 33.6. The first-order valence-corrected chi connectivity index (χ1v) is 9.96. The number of nitrogens with zero attached hydrogens (tertiary/aromatic N) is 2. The van der Waals surface area contributed by atoms with Crippen molar-refractivity contribution in [2.24, 2.45) is 0 Å². The molecule has 1 amide bonds. The normalized spacial score (nSPS) is 10.6. The average Bonchev–Trinajstić information content (AvgIpc) is 2.81. The largest absolute Gasteiger partial charge is 0.452 e. The number of aromatic nitrogens is 2. The van der Waals surface area contributed by atoms with E-state index in [-0.39, 0.29) is 6.61 Å². The Labute approximate surface area is 183 Å². The van der Waals surface area contributed by atoms with Crippen LogP contribution in [0.5, 0.6) is 0 Å². The van der Waals surface area contributed by atoms with Crippen LogP contribution in [0.1, 0.15) is 15.9 Å². The average molecular weight is 432 g/mol. The van der Waals surface area contributed by atoms with Gasteiger partial charge in [-0.2, -0.15) is 0 Å². The number of carbonyl (C=O) groups is 2. The highest BCUT2D eigenvalue weighted by molar-refractivity contribution is 6.30. The third-order valence-corrected chi connectivity index (χ3v) is 4.86. The summed E-state index contributed by atoms with van der Waals surface area (Å²) >= 11 is 5.94. The molecule has 0 aliphatic heterocycles. The molecule has 0 aliphatic rings. The number of pyridine rings is 2. The molecule has 31 heavy (non-hydrogen) atoms. The predicted molar refractivity (Wildman–Crippen MR) is 119 cm³/mol. The van der Waals surface area contributed by atoms with Gasteiger partial charge in [-0.1, -0.05) is 41.9 Å². The second-order valence-electron chi connectivity index (χ2n) is 6.79. The number of nitrogens with one attached hydrogen (secondary N) is 1. The monoisotopic (exact) mass is 431 g/mol. The standard InChI is InChI=1S/C24H18ClN3O3/c25-18-5-3-4-16(12-18)14-27-23(29)15-31-24(30)20-13-22(17-8-10-26-11-9-17)28-21-7-2-1-6-19(20)21/h1-13H,14-15H2,(H,27,29). The van der Waals surface area contributed by atoms with Gasteiger partial charge in [-0.15, -0.1) is 0 Å². The Morgan fingerprint density at radius 3 is 2.58 bits per heavy atom. The lowest BCUT2D eigenvalue weighted by Gasteiger charge is -2.10. The number of benzene rings is 2. The van der Waals surface area contributed by atoms with Crippen LogP contribution < -0.4 is 5.32 Å². The van der Waals surface area contributed by atoms with Gasteiger partial charge < -0.3 is 10.1 Å². The van der Waals surface area contributed by atoms with E-state index >= 15 is 0 Å². The van der Waals surface area contributed by atoms with Crippen molar-refractivity contribution in [1.82, 2.24) is 15.3 Å².